The van der Waals surface area contributed by atoms with E-state index in [1.165, 1.54) is 31.5 Å². The molecule has 190 valence electrons. The van der Waals surface area contributed by atoms with Crippen molar-refractivity contribution < 1.29 is 0 Å². The molecule has 1 saturated heterocycles. The molecule has 1 fully saturated rings. The van der Waals surface area contributed by atoms with Crippen molar-refractivity contribution in [3.63, 3.8) is 0 Å². The van der Waals surface area contributed by atoms with Gasteiger partial charge in [-0.1, -0.05) is 32.4 Å². The lowest BCUT2D eigenvalue weighted by molar-refractivity contribution is 0.185. The van der Waals surface area contributed by atoms with E-state index in [1.807, 2.05) is 12.4 Å². The molecule has 0 aliphatic carbocycles. The zero-order valence-corrected chi connectivity index (χ0v) is 22.1. The number of pyridine rings is 1. The zero-order valence-electron chi connectivity index (χ0n) is 22.1. The number of likely N-dealkylation sites (tertiary alicyclic amines) is 1. The molecule has 1 aliphatic rings. The molecule has 1 aliphatic heterocycles. The summed E-state index contributed by atoms with van der Waals surface area (Å²) in [5, 5.41) is 12.4. The van der Waals surface area contributed by atoms with E-state index in [0.717, 1.165) is 65.3 Å². The monoisotopic (exact) mass is 484 g/mol. The lowest BCUT2D eigenvalue weighted by Crippen LogP contribution is -2.32. The van der Waals surface area contributed by atoms with Crippen LogP contribution >= 0.6 is 0 Å². The molecule has 0 bridgehead atoms. The van der Waals surface area contributed by atoms with Crippen LogP contribution in [0, 0.1) is 18.3 Å². The second-order valence-corrected chi connectivity index (χ2v) is 10.3. The largest absolute Gasteiger partial charge is 0.381 e. The molecule has 6 heteroatoms. The van der Waals surface area contributed by atoms with Gasteiger partial charge in [0.15, 0.2) is 0 Å². The predicted molar refractivity (Wildman–Crippen MR) is 150 cm³/mol. The third-order valence-corrected chi connectivity index (χ3v) is 7.35. The third-order valence-electron chi connectivity index (χ3n) is 7.35. The molecule has 1 aromatic carbocycles. The Morgan fingerprint density at radius 2 is 2.08 bits per heavy atom. The van der Waals surface area contributed by atoms with Crippen LogP contribution in [-0.4, -0.2) is 64.2 Å². The molecule has 0 spiro atoms. The molecule has 0 amide bonds. The first-order chi connectivity index (χ1) is 17.5. The summed E-state index contributed by atoms with van der Waals surface area (Å²) in [5.74, 6) is 3.54. The highest BCUT2D eigenvalue weighted by atomic mass is 15.1. The maximum Gasteiger partial charge on any atom is 0.115 e. The number of fused-ring (bicyclic) bond motifs is 1. The Bertz CT molecular complexity index is 1200. The van der Waals surface area contributed by atoms with E-state index in [-0.39, 0.29) is 0 Å². The van der Waals surface area contributed by atoms with E-state index < -0.39 is 0 Å². The van der Waals surface area contributed by atoms with Gasteiger partial charge in [-0.25, -0.2) is 0 Å². The van der Waals surface area contributed by atoms with Crippen LogP contribution in [0.15, 0.2) is 43.2 Å². The maximum absolute atomic E-state index is 5.44. The van der Waals surface area contributed by atoms with Gasteiger partial charge in [-0.05, 0) is 81.1 Å². The Balaban J connectivity index is 1.48. The minimum Gasteiger partial charge on any atom is -0.381 e. The molecule has 2 aromatic heterocycles. The van der Waals surface area contributed by atoms with Gasteiger partial charge >= 0.3 is 0 Å². The molecule has 0 saturated carbocycles. The number of benzene rings is 1. The number of nitrogens with one attached hydrogen (secondary N) is 2. The summed E-state index contributed by atoms with van der Waals surface area (Å²) in [6.45, 7) is 13.8. The summed E-state index contributed by atoms with van der Waals surface area (Å²) in [7, 11) is 2.06. The number of aromatic nitrogens is 3. The lowest BCUT2D eigenvalue weighted by atomic mass is 9.98. The number of H-pyrrole nitrogens is 1. The Morgan fingerprint density at radius 1 is 1.28 bits per heavy atom. The van der Waals surface area contributed by atoms with E-state index in [2.05, 4.69) is 88.0 Å². The summed E-state index contributed by atoms with van der Waals surface area (Å²) in [6, 6.07) is 9.02. The molecule has 3 aromatic rings. The molecular formula is C30H40N6. The minimum atomic E-state index is 0.311. The van der Waals surface area contributed by atoms with Gasteiger partial charge in [0.25, 0.3) is 0 Å². The molecule has 3 heterocycles. The fourth-order valence-corrected chi connectivity index (χ4v) is 4.94. The van der Waals surface area contributed by atoms with Crippen molar-refractivity contribution in [1.29, 1.82) is 0 Å². The molecule has 1 atom stereocenters. The maximum atomic E-state index is 5.44. The summed E-state index contributed by atoms with van der Waals surface area (Å²) < 4.78 is 0. The Labute approximate surface area is 216 Å². The van der Waals surface area contributed by atoms with E-state index in [9.17, 15) is 0 Å². The molecule has 0 radical (unpaired) electrons. The van der Waals surface area contributed by atoms with E-state index in [0.29, 0.717) is 12.6 Å². The Morgan fingerprint density at radius 3 is 2.83 bits per heavy atom. The minimum absolute atomic E-state index is 0.311. The standard InChI is InChI=1S/C30H40N6/c1-6-13-35(5)14-12-27(7-2)32-23(4)30-28-18-25(8-9-29(28)33-34-30)26-17-24(19-31-20-26)21-36-15-10-22(3)11-16-36/h1,8-9,17-20,22,27,32H,4,7,10-16,21H2,2-3,5H3,(H,33,34). The van der Waals surface area contributed by atoms with Crippen LogP contribution in [0.2, 0.25) is 0 Å². The van der Waals surface area contributed by atoms with Crippen molar-refractivity contribution in [2.75, 3.05) is 33.2 Å². The van der Waals surface area contributed by atoms with Crippen LogP contribution in [0.1, 0.15) is 50.8 Å². The van der Waals surface area contributed by atoms with Crippen molar-refractivity contribution >= 4 is 16.6 Å². The highest BCUT2D eigenvalue weighted by molar-refractivity contribution is 5.92. The number of rotatable bonds is 11. The zero-order chi connectivity index (χ0) is 25.5. The number of piperidine rings is 1. The molecule has 36 heavy (non-hydrogen) atoms. The van der Waals surface area contributed by atoms with E-state index in [4.69, 9.17) is 6.42 Å². The van der Waals surface area contributed by atoms with Crippen LogP contribution in [0.25, 0.3) is 27.7 Å². The summed E-state index contributed by atoms with van der Waals surface area (Å²) >= 11 is 0. The highest BCUT2D eigenvalue weighted by Crippen LogP contribution is 2.28. The predicted octanol–water partition coefficient (Wildman–Crippen LogP) is 5.15. The van der Waals surface area contributed by atoms with Crippen LogP contribution in [0.4, 0.5) is 0 Å². The van der Waals surface area contributed by atoms with Crippen LogP contribution in [-0.2, 0) is 6.54 Å². The second-order valence-electron chi connectivity index (χ2n) is 10.3. The summed E-state index contributed by atoms with van der Waals surface area (Å²) in [6.07, 6.45) is 14.0. The quantitative estimate of drug-likeness (QED) is 0.369. The fraction of sp³-hybridized carbons (Fsp3) is 0.467. The van der Waals surface area contributed by atoms with Gasteiger partial charge in [0.1, 0.15) is 5.69 Å². The van der Waals surface area contributed by atoms with Gasteiger partial charge in [0.05, 0.1) is 17.8 Å². The van der Waals surface area contributed by atoms with Crippen LogP contribution in [0.5, 0.6) is 0 Å². The Kier molecular flexibility index (Phi) is 8.79. The Hall–Kier alpha value is -3.14. The number of hydrogen-bond acceptors (Lipinski definition) is 5. The number of aromatic amines is 1. The first-order valence-electron chi connectivity index (χ1n) is 13.2. The van der Waals surface area contributed by atoms with Gasteiger partial charge in [-0.2, -0.15) is 5.10 Å². The van der Waals surface area contributed by atoms with Crippen molar-refractivity contribution in [2.45, 2.75) is 52.1 Å². The van der Waals surface area contributed by atoms with E-state index in [1.54, 1.807) is 0 Å². The third kappa shape index (κ3) is 6.54. The molecule has 1 unspecified atom stereocenters. The van der Waals surface area contributed by atoms with Gasteiger partial charge in [0, 0.05) is 42.5 Å². The SMILES string of the molecule is C#CCN(C)CCC(CC)NC(=C)c1n[nH]c2ccc(-c3cncc(CN4CCC(C)CC4)c3)cc12. The number of hydrogen-bond donors (Lipinski definition) is 2. The fourth-order valence-electron chi connectivity index (χ4n) is 4.94. The summed E-state index contributed by atoms with van der Waals surface area (Å²) in [5.41, 5.74) is 6.26. The van der Waals surface area contributed by atoms with Crippen LogP contribution in [0.3, 0.4) is 0 Å². The average Bonchev–Trinajstić information content (AvgIpc) is 3.31. The molecule has 2 N–H and O–H groups in total. The van der Waals surface area contributed by atoms with Crippen molar-refractivity contribution in [2.24, 2.45) is 5.92 Å². The number of terminal acetylenes is 1. The number of nitrogens with zero attached hydrogens (tertiary/aromatic N) is 4. The smallest absolute Gasteiger partial charge is 0.115 e. The summed E-state index contributed by atoms with van der Waals surface area (Å²) in [4.78, 5) is 9.28. The van der Waals surface area contributed by atoms with Crippen molar-refractivity contribution in [3.8, 4) is 23.5 Å². The highest BCUT2D eigenvalue weighted by Gasteiger charge is 2.17. The molecule has 4 rings (SSSR count). The van der Waals surface area contributed by atoms with Crippen molar-refractivity contribution in [3.05, 3.63) is 54.5 Å². The van der Waals surface area contributed by atoms with Crippen molar-refractivity contribution in [1.82, 2.24) is 30.3 Å². The van der Waals surface area contributed by atoms with Gasteiger partial charge < -0.3 is 5.32 Å². The van der Waals surface area contributed by atoms with Crippen LogP contribution < -0.4 is 5.32 Å². The van der Waals surface area contributed by atoms with Gasteiger partial charge in [-0.3, -0.25) is 19.9 Å². The second kappa shape index (κ2) is 12.2. The molecule has 6 nitrogen and oxygen atoms in total. The topological polar surface area (TPSA) is 60.1 Å². The first-order valence-corrected chi connectivity index (χ1v) is 13.2. The first kappa shape index (κ1) is 25.9. The average molecular weight is 485 g/mol. The van der Waals surface area contributed by atoms with E-state index >= 15 is 0 Å². The molecular weight excluding hydrogens is 444 g/mol. The lowest BCUT2D eigenvalue weighted by Gasteiger charge is -2.30. The normalized spacial score (nSPS) is 15.8. The van der Waals surface area contributed by atoms with Gasteiger partial charge in [-0.15, -0.1) is 6.42 Å². The van der Waals surface area contributed by atoms with Gasteiger partial charge in [0.2, 0.25) is 0 Å².